The molecule has 0 bridgehead atoms. The largest absolute Gasteiger partial charge is 0.493 e. The van der Waals surface area contributed by atoms with Gasteiger partial charge in [0.2, 0.25) is 0 Å². The van der Waals surface area contributed by atoms with Crippen molar-refractivity contribution in [3.63, 3.8) is 0 Å². The molecule has 1 N–H and O–H groups in total. The summed E-state index contributed by atoms with van der Waals surface area (Å²) in [5, 5.41) is 14.6. The molecule has 2 aromatic rings. The van der Waals surface area contributed by atoms with Crippen LogP contribution in [-0.2, 0) is 0 Å². The van der Waals surface area contributed by atoms with Gasteiger partial charge in [0.25, 0.3) is 11.6 Å². The van der Waals surface area contributed by atoms with Crippen LogP contribution in [0.4, 0.5) is 5.69 Å². The zero-order valence-electron chi connectivity index (χ0n) is 12.7. The van der Waals surface area contributed by atoms with E-state index in [9.17, 15) is 14.9 Å². The Labute approximate surface area is 146 Å². The van der Waals surface area contributed by atoms with Crippen molar-refractivity contribution in [2.75, 3.05) is 6.61 Å². The number of nitrogens with zero attached hydrogens (tertiary/aromatic N) is 2. The summed E-state index contributed by atoms with van der Waals surface area (Å²) in [5.41, 5.74) is 3.18. The molecule has 0 fully saturated rings. The lowest BCUT2D eigenvalue weighted by molar-refractivity contribution is -0.384. The van der Waals surface area contributed by atoms with Gasteiger partial charge >= 0.3 is 0 Å². The lowest BCUT2D eigenvalue weighted by Gasteiger charge is -2.09. The molecule has 0 aliphatic rings. The number of hydrogen-bond donors (Lipinski definition) is 1. The van der Waals surface area contributed by atoms with Crippen molar-refractivity contribution in [1.82, 2.24) is 5.43 Å². The van der Waals surface area contributed by atoms with Crippen molar-refractivity contribution < 1.29 is 14.5 Å². The lowest BCUT2D eigenvalue weighted by Crippen LogP contribution is -2.18. The quantitative estimate of drug-likeness (QED) is 0.462. The number of hydrogen-bond acceptors (Lipinski definition) is 5. The fraction of sp³-hybridized carbons (Fsp3) is 0.125. The summed E-state index contributed by atoms with van der Waals surface area (Å²) in [7, 11) is 0. The van der Waals surface area contributed by atoms with Crippen LogP contribution in [-0.4, -0.2) is 23.7 Å². The second-order valence-electron chi connectivity index (χ2n) is 4.62. The summed E-state index contributed by atoms with van der Waals surface area (Å²) < 4.78 is 6.15. The third-order valence-corrected chi connectivity index (χ3v) is 3.44. The minimum Gasteiger partial charge on any atom is -0.493 e. The van der Waals surface area contributed by atoms with Crippen molar-refractivity contribution in [3.05, 3.63) is 68.2 Å². The summed E-state index contributed by atoms with van der Waals surface area (Å²) >= 11 is 3.30. The van der Waals surface area contributed by atoms with Gasteiger partial charge < -0.3 is 4.74 Å². The Bertz CT molecular complexity index is 793. The smallest absolute Gasteiger partial charge is 0.275 e. The van der Waals surface area contributed by atoms with Crippen molar-refractivity contribution in [3.8, 4) is 5.75 Å². The number of carbonyl (C=O) groups is 1. The lowest BCUT2D eigenvalue weighted by atomic mass is 10.2. The SMILES string of the molecule is CCOc1ccc(Br)cc1C(=O)NN=Cc1cccc([N+](=O)[O-])c1. The zero-order valence-corrected chi connectivity index (χ0v) is 14.3. The third-order valence-electron chi connectivity index (χ3n) is 2.95. The third kappa shape index (κ3) is 4.63. The highest BCUT2D eigenvalue weighted by atomic mass is 79.9. The van der Waals surface area contributed by atoms with E-state index in [1.54, 1.807) is 30.3 Å². The van der Waals surface area contributed by atoms with E-state index in [4.69, 9.17) is 4.74 Å². The first-order valence-electron chi connectivity index (χ1n) is 7.01. The number of nitro benzene ring substituents is 1. The molecule has 0 spiro atoms. The number of amides is 1. The summed E-state index contributed by atoms with van der Waals surface area (Å²) in [6, 6.07) is 11.0. The van der Waals surface area contributed by atoms with Gasteiger partial charge in [-0.15, -0.1) is 0 Å². The molecule has 2 rings (SSSR count). The van der Waals surface area contributed by atoms with Crippen LogP contribution in [0.15, 0.2) is 52.0 Å². The van der Waals surface area contributed by atoms with Crippen LogP contribution in [0.25, 0.3) is 0 Å². The van der Waals surface area contributed by atoms with Crippen LogP contribution in [0.2, 0.25) is 0 Å². The topological polar surface area (TPSA) is 93.8 Å². The maximum absolute atomic E-state index is 12.2. The van der Waals surface area contributed by atoms with Crippen LogP contribution in [0.1, 0.15) is 22.8 Å². The van der Waals surface area contributed by atoms with Crippen molar-refractivity contribution in [1.29, 1.82) is 0 Å². The number of nitro groups is 1. The van der Waals surface area contributed by atoms with Crippen LogP contribution >= 0.6 is 15.9 Å². The minimum atomic E-state index is -0.494. The Morgan fingerprint density at radius 3 is 2.88 bits per heavy atom. The zero-order chi connectivity index (χ0) is 17.5. The molecular weight excluding hydrogens is 378 g/mol. The molecule has 8 heteroatoms. The van der Waals surface area contributed by atoms with E-state index in [1.807, 2.05) is 6.92 Å². The highest BCUT2D eigenvalue weighted by molar-refractivity contribution is 9.10. The van der Waals surface area contributed by atoms with E-state index < -0.39 is 10.8 Å². The van der Waals surface area contributed by atoms with Gasteiger partial charge in [0.1, 0.15) is 5.75 Å². The maximum Gasteiger partial charge on any atom is 0.275 e. The van der Waals surface area contributed by atoms with Gasteiger partial charge in [-0.25, -0.2) is 5.43 Å². The molecule has 0 radical (unpaired) electrons. The monoisotopic (exact) mass is 391 g/mol. The fourth-order valence-electron chi connectivity index (χ4n) is 1.91. The van der Waals surface area contributed by atoms with E-state index in [1.165, 1.54) is 18.3 Å². The van der Waals surface area contributed by atoms with Gasteiger partial charge in [0.05, 0.1) is 23.3 Å². The molecule has 2 aromatic carbocycles. The molecule has 24 heavy (non-hydrogen) atoms. The highest BCUT2D eigenvalue weighted by Gasteiger charge is 2.12. The van der Waals surface area contributed by atoms with E-state index in [0.29, 0.717) is 23.5 Å². The average Bonchev–Trinajstić information content (AvgIpc) is 2.57. The van der Waals surface area contributed by atoms with Crippen molar-refractivity contribution in [2.24, 2.45) is 5.10 Å². The van der Waals surface area contributed by atoms with E-state index in [-0.39, 0.29) is 5.69 Å². The molecule has 7 nitrogen and oxygen atoms in total. The molecule has 0 aromatic heterocycles. The summed E-state index contributed by atoms with van der Waals surface area (Å²) in [4.78, 5) is 22.5. The van der Waals surface area contributed by atoms with E-state index >= 15 is 0 Å². The Morgan fingerprint density at radius 2 is 2.17 bits per heavy atom. The first-order valence-corrected chi connectivity index (χ1v) is 7.80. The van der Waals surface area contributed by atoms with Gasteiger partial charge in [-0.2, -0.15) is 5.10 Å². The van der Waals surface area contributed by atoms with Crippen molar-refractivity contribution >= 4 is 33.7 Å². The van der Waals surface area contributed by atoms with Crippen LogP contribution in [0.5, 0.6) is 5.75 Å². The number of benzene rings is 2. The van der Waals surface area contributed by atoms with Gasteiger partial charge in [-0.3, -0.25) is 14.9 Å². The number of ether oxygens (including phenoxy) is 1. The molecule has 0 atom stereocenters. The standard InChI is InChI=1S/C16H14BrN3O4/c1-2-24-15-7-6-12(17)9-14(15)16(21)19-18-10-11-4-3-5-13(8-11)20(22)23/h3-10H,2H2,1H3,(H,19,21). The molecule has 1 amide bonds. The minimum absolute atomic E-state index is 0.0455. The van der Waals surface area contributed by atoms with Gasteiger partial charge in [-0.05, 0) is 25.1 Å². The Morgan fingerprint density at radius 1 is 1.38 bits per heavy atom. The number of hydrazone groups is 1. The number of rotatable bonds is 6. The molecular formula is C16H14BrN3O4. The van der Waals surface area contributed by atoms with Crippen LogP contribution < -0.4 is 10.2 Å². The van der Waals surface area contributed by atoms with Gasteiger partial charge in [-0.1, -0.05) is 28.1 Å². The highest BCUT2D eigenvalue weighted by Crippen LogP contribution is 2.23. The molecule has 124 valence electrons. The molecule has 0 aliphatic carbocycles. The second-order valence-corrected chi connectivity index (χ2v) is 5.54. The van der Waals surface area contributed by atoms with E-state index in [2.05, 4.69) is 26.5 Å². The fourth-order valence-corrected chi connectivity index (χ4v) is 2.27. The number of nitrogens with one attached hydrogen (secondary N) is 1. The first kappa shape index (κ1) is 17.6. The van der Waals surface area contributed by atoms with Crippen LogP contribution in [0, 0.1) is 10.1 Å². The maximum atomic E-state index is 12.2. The molecule has 0 saturated carbocycles. The van der Waals surface area contributed by atoms with Gasteiger partial charge in [0.15, 0.2) is 0 Å². The molecule has 0 heterocycles. The van der Waals surface area contributed by atoms with Crippen LogP contribution in [0.3, 0.4) is 0 Å². The Balaban J connectivity index is 2.12. The molecule has 0 unspecified atom stereocenters. The Hall–Kier alpha value is -2.74. The second kappa shape index (κ2) is 8.21. The summed E-state index contributed by atoms with van der Waals surface area (Å²) in [6.45, 7) is 2.25. The summed E-state index contributed by atoms with van der Waals surface area (Å²) in [5.74, 6) is 0.00480. The average molecular weight is 392 g/mol. The predicted molar refractivity (Wildman–Crippen MR) is 93.5 cm³/mol. The number of non-ortho nitro benzene ring substituents is 1. The van der Waals surface area contributed by atoms with Crippen molar-refractivity contribution in [2.45, 2.75) is 6.92 Å². The first-order chi connectivity index (χ1) is 11.5. The summed E-state index contributed by atoms with van der Waals surface area (Å²) in [6.07, 6.45) is 1.34. The molecule has 0 saturated heterocycles. The predicted octanol–water partition coefficient (Wildman–Crippen LogP) is 3.52. The molecule has 0 aliphatic heterocycles. The Kier molecular flexibility index (Phi) is 6.02. The van der Waals surface area contributed by atoms with E-state index in [0.717, 1.165) is 4.47 Å². The normalized spacial score (nSPS) is 10.6. The number of halogens is 1. The number of carbonyl (C=O) groups excluding carboxylic acids is 1. The van der Waals surface area contributed by atoms with Gasteiger partial charge in [0, 0.05) is 22.2 Å².